The van der Waals surface area contributed by atoms with Gasteiger partial charge in [-0.3, -0.25) is 4.72 Å². The Morgan fingerprint density at radius 2 is 1.83 bits per heavy atom. The standard InChI is InChI=1S/C19H26ClN3O3S3/c1-19(2)10-12-23(13-11-19)18-14(20)6-5-7-15(18)21-28(24)16-8-9-17(27-16)29(25,26)22(3)4/h5-9,21H,10-13H2,1-4H3. The summed E-state index contributed by atoms with van der Waals surface area (Å²) in [6.07, 6.45) is 2.11. The minimum Gasteiger partial charge on any atom is -0.369 e. The van der Waals surface area contributed by atoms with Gasteiger partial charge in [0.25, 0.3) is 10.0 Å². The summed E-state index contributed by atoms with van der Waals surface area (Å²) < 4.78 is 42.2. The number of piperidine rings is 1. The Hall–Kier alpha value is -1.13. The lowest BCUT2D eigenvalue weighted by atomic mass is 9.82. The number of nitrogens with zero attached hydrogens (tertiary/aromatic N) is 2. The first-order valence-electron chi connectivity index (χ1n) is 9.25. The van der Waals surface area contributed by atoms with Crippen LogP contribution in [0.4, 0.5) is 11.4 Å². The average molecular weight is 476 g/mol. The van der Waals surface area contributed by atoms with Crippen LogP contribution < -0.4 is 9.62 Å². The molecule has 1 atom stereocenters. The first-order chi connectivity index (χ1) is 13.5. The molecule has 3 rings (SSSR count). The van der Waals surface area contributed by atoms with Crippen LogP contribution in [0.2, 0.25) is 5.02 Å². The second-order valence-corrected chi connectivity index (χ2v) is 13.3. The van der Waals surface area contributed by atoms with Crippen molar-refractivity contribution in [1.29, 1.82) is 0 Å². The molecule has 0 aliphatic carbocycles. The molecule has 0 bridgehead atoms. The normalized spacial score (nSPS) is 18.1. The Morgan fingerprint density at radius 1 is 1.17 bits per heavy atom. The van der Waals surface area contributed by atoms with Crippen LogP contribution in [0.3, 0.4) is 0 Å². The number of benzene rings is 1. The number of hydrogen-bond donors (Lipinski definition) is 1. The third-order valence-corrected chi connectivity index (χ3v) is 10.2. The summed E-state index contributed by atoms with van der Waals surface area (Å²) in [5.41, 5.74) is 1.83. The number of sulfonamides is 1. The highest BCUT2D eigenvalue weighted by Crippen LogP contribution is 2.40. The van der Waals surface area contributed by atoms with Crippen molar-refractivity contribution in [3.63, 3.8) is 0 Å². The molecular weight excluding hydrogens is 450 g/mol. The van der Waals surface area contributed by atoms with Crippen LogP contribution in [0.25, 0.3) is 0 Å². The molecule has 29 heavy (non-hydrogen) atoms. The first-order valence-corrected chi connectivity index (χ1v) is 13.0. The fraction of sp³-hybridized carbons (Fsp3) is 0.474. The van der Waals surface area contributed by atoms with Gasteiger partial charge in [-0.25, -0.2) is 16.9 Å². The van der Waals surface area contributed by atoms with Gasteiger partial charge in [0.15, 0.2) is 11.0 Å². The van der Waals surface area contributed by atoms with Gasteiger partial charge >= 0.3 is 0 Å². The summed E-state index contributed by atoms with van der Waals surface area (Å²) in [5, 5.41) is 0.605. The van der Waals surface area contributed by atoms with Crippen LogP contribution in [-0.4, -0.2) is 44.1 Å². The monoisotopic (exact) mass is 475 g/mol. The van der Waals surface area contributed by atoms with Gasteiger partial charge in [0.1, 0.15) is 8.42 Å². The van der Waals surface area contributed by atoms with Gasteiger partial charge in [-0.15, -0.1) is 11.3 Å². The molecule has 10 heteroatoms. The Labute approximate surface area is 184 Å². The van der Waals surface area contributed by atoms with E-state index in [1.54, 1.807) is 6.07 Å². The molecule has 0 saturated carbocycles. The van der Waals surface area contributed by atoms with Crippen molar-refractivity contribution < 1.29 is 12.6 Å². The molecule has 0 spiro atoms. The molecule has 1 unspecified atom stereocenters. The average Bonchev–Trinajstić information content (AvgIpc) is 3.13. The van der Waals surface area contributed by atoms with Crippen molar-refractivity contribution in [1.82, 2.24) is 4.31 Å². The lowest BCUT2D eigenvalue weighted by Gasteiger charge is -2.39. The van der Waals surface area contributed by atoms with Gasteiger partial charge in [0, 0.05) is 27.2 Å². The van der Waals surface area contributed by atoms with E-state index in [1.165, 1.54) is 20.2 Å². The molecule has 0 radical (unpaired) electrons. The van der Waals surface area contributed by atoms with E-state index in [1.807, 2.05) is 18.2 Å². The summed E-state index contributed by atoms with van der Waals surface area (Å²) in [4.78, 5) is 2.23. The third kappa shape index (κ3) is 4.96. The number of hydrogen-bond acceptors (Lipinski definition) is 5. The van der Waals surface area contributed by atoms with Gasteiger partial charge in [0.2, 0.25) is 0 Å². The van der Waals surface area contributed by atoms with Crippen molar-refractivity contribution in [2.24, 2.45) is 5.41 Å². The molecule has 1 N–H and O–H groups in total. The minimum atomic E-state index is -3.55. The van der Waals surface area contributed by atoms with Gasteiger partial charge in [-0.2, -0.15) is 0 Å². The number of thiophene rings is 1. The highest BCUT2D eigenvalue weighted by Gasteiger charge is 2.28. The van der Waals surface area contributed by atoms with Gasteiger partial charge in [0.05, 0.1) is 16.4 Å². The predicted molar refractivity (Wildman–Crippen MR) is 122 cm³/mol. The predicted octanol–water partition coefficient (Wildman–Crippen LogP) is 4.41. The second-order valence-electron chi connectivity index (χ2n) is 8.02. The smallest absolute Gasteiger partial charge is 0.252 e. The molecule has 1 aliphatic heterocycles. The summed E-state index contributed by atoms with van der Waals surface area (Å²) in [7, 11) is -2.20. The maximum Gasteiger partial charge on any atom is 0.252 e. The Morgan fingerprint density at radius 3 is 2.45 bits per heavy atom. The zero-order valence-electron chi connectivity index (χ0n) is 16.9. The first kappa shape index (κ1) is 22.6. The third-order valence-electron chi connectivity index (χ3n) is 5.10. The molecule has 1 aliphatic rings. The van der Waals surface area contributed by atoms with Crippen molar-refractivity contribution in [2.45, 2.75) is 35.1 Å². The van der Waals surface area contributed by atoms with E-state index in [0.29, 0.717) is 20.3 Å². The number of nitrogens with one attached hydrogen (secondary N) is 1. The Kier molecular flexibility index (Phi) is 6.65. The number of rotatable bonds is 6. The van der Waals surface area contributed by atoms with Crippen LogP contribution in [0, 0.1) is 5.41 Å². The molecule has 0 amide bonds. The van der Waals surface area contributed by atoms with E-state index < -0.39 is 21.0 Å². The molecule has 1 aromatic carbocycles. The highest BCUT2D eigenvalue weighted by atomic mass is 35.5. The van der Waals surface area contributed by atoms with E-state index in [-0.39, 0.29) is 4.21 Å². The van der Waals surface area contributed by atoms with Crippen molar-refractivity contribution in [3.05, 3.63) is 35.4 Å². The fourth-order valence-corrected chi connectivity index (χ4v) is 7.14. The summed E-state index contributed by atoms with van der Waals surface area (Å²) in [5.74, 6) is 0. The zero-order valence-corrected chi connectivity index (χ0v) is 20.1. The van der Waals surface area contributed by atoms with Crippen molar-refractivity contribution in [2.75, 3.05) is 36.8 Å². The Bertz CT molecular complexity index is 1010. The number of para-hydroxylation sites is 1. The van der Waals surface area contributed by atoms with Crippen molar-refractivity contribution >= 4 is 55.3 Å². The summed E-state index contributed by atoms with van der Waals surface area (Å²) >= 11 is 7.50. The van der Waals surface area contributed by atoms with E-state index in [4.69, 9.17) is 11.6 Å². The molecule has 1 fully saturated rings. The topological polar surface area (TPSA) is 69.7 Å². The summed E-state index contributed by atoms with van der Waals surface area (Å²) in [6, 6.07) is 8.56. The minimum absolute atomic E-state index is 0.164. The molecule has 2 aromatic rings. The van der Waals surface area contributed by atoms with E-state index >= 15 is 0 Å². The zero-order chi connectivity index (χ0) is 21.4. The molecule has 160 valence electrons. The van der Waals surface area contributed by atoms with E-state index in [9.17, 15) is 12.6 Å². The Balaban J connectivity index is 1.83. The largest absolute Gasteiger partial charge is 0.369 e. The van der Waals surface area contributed by atoms with Crippen molar-refractivity contribution in [3.8, 4) is 0 Å². The van der Waals surface area contributed by atoms with Crippen LogP contribution in [0.5, 0.6) is 0 Å². The fourth-order valence-electron chi connectivity index (χ4n) is 3.13. The number of halogens is 1. The van der Waals surface area contributed by atoms with Gasteiger partial charge in [-0.1, -0.05) is 31.5 Å². The van der Waals surface area contributed by atoms with Gasteiger partial charge < -0.3 is 4.90 Å². The molecule has 2 heterocycles. The van der Waals surface area contributed by atoms with E-state index in [0.717, 1.165) is 47.3 Å². The number of anilines is 2. The quantitative estimate of drug-likeness (QED) is 0.671. The van der Waals surface area contributed by atoms with Crippen LogP contribution in [0.1, 0.15) is 26.7 Å². The maximum atomic E-state index is 12.9. The molecular formula is C19H26ClN3O3S3. The van der Waals surface area contributed by atoms with Crippen LogP contribution in [-0.2, 0) is 21.0 Å². The molecule has 1 aromatic heterocycles. The highest BCUT2D eigenvalue weighted by molar-refractivity contribution is 7.92. The molecule has 1 saturated heterocycles. The lowest BCUT2D eigenvalue weighted by Crippen LogP contribution is -2.37. The SMILES string of the molecule is CN(C)S(=O)(=O)c1ccc(S(=O)Nc2cccc(Cl)c2N2CCC(C)(C)CC2)s1. The summed E-state index contributed by atoms with van der Waals surface area (Å²) in [6.45, 7) is 6.28. The lowest BCUT2D eigenvalue weighted by molar-refractivity contribution is 0.280. The van der Waals surface area contributed by atoms with E-state index in [2.05, 4.69) is 23.5 Å². The van der Waals surface area contributed by atoms with Crippen LogP contribution >= 0.6 is 22.9 Å². The second kappa shape index (κ2) is 8.55. The van der Waals surface area contributed by atoms with Crippen LogP contribution in [0.15, 0.2) is 38.8 Å². The molecule has 6 nitrogen and oxygen atoms in total. The van der Waals surface area contributed by atoms with Gasteiger partial charge in [-0.05, 0) is 42.5 Å². The maximum absolute atomic E-state index is 12.9.